The van der Waals surface area contributed by atoms with Gasteiger partial charge < -0.3 is 14.4 Å². The van der Waals surface area contributed by atoms with Crippen molar-refractivity contribution >= 4 is 23.5 Å². The van der Waals surface area contributed by atoms with Crippen LogP contribution in [0.5, 0.6) is 0 Å². The molecule has 2 aromatic rings. The number of esters is 1. The van der Waals surface area contributed by atoms with E-state index in [0.29, 0.717) is 56.2 Å². The molecule has 0 radical (unpaired) electrons. The number of nitrogens with zero attached hydrogens (tertiary/aromatic N) is 2. The van der Waals surface area contributed by atoms with Crippen LogP contribution in [0.3, 0.4) is 0 Å². The second-order valence-corrected chi connectivity index (χ2v) is 9.09. The number of rotatable bonds is 10. The maximum absolute atomic E-state index is 12.8. The molecule has 0 unspecified atom stereocenters. The summed E-state index contributed by atoms with van der Waals surface area (Å²) in [6.07, 6.45) is -3.72. The molecule has 1 aliphatic rings. The second-order valence-electron chi connectivity index (χ2n) is 8.66. The van der Waals surface area contributed by atoms with Gasteiger partial charge in [-0.05, 0) is 41.8 Å². The first-order chi connectivity index (χ1) is 17.2. The number of carbonyl (C=O) groups is 2. The monoisotopic (exact) mass is 526 g/mol. The van der Waals surface area contributed by atoms with E-state index in [-0.39, 0.29) is 31.0 Å². The molecule has 1 heterocycles. The summed E-state index contributed by atoms with van der Waals surface area (Å²) in [5.41, 5.74) is 0.857. The van der Waals surface area contributed by atoms with E-state index in [2.05, 4.69) is 9.64 Å². The number of hydrogen-bond donors (Lipinski definition) is 0. The molecule has 1 atom stereocenters. The van der Waals surface area contributed by atoms with Crippen LogP contribution in [0.1, 0.15) is 42.1 Å². The molecule has 0 N–H and O–H groups in total. The number of methoxy groups -OCH3 is 1. The van der Waals surface area contributed by atoms with Crippen molar-refractivity contribution in [1.82, 2.24) is 9.80 Å². The van der Waals surface area contributed by atoms with Gasteiger partial charge in [-0.25, -0.2) is 0 Å². The van der Waals surface area contributed by atoms with Gasteiger partial charge in [0.25, 0.3) is 0 Å². The summed E-state index contributed by atoms with van der Waals surface area (Å²) in [6.45, 7) is 3.19. The van der Waals surface area contributed by atoms with Crippen molar-refractivity contribution in [2.75, 3.05) is 39.8 Å². The SMILES string of the molecule is COC(=O)CCCC(=O)N1CCN(C[C@H](OCc2ccc(C(F)(F)F)cc2)c2ccc(Cl)cc2)CC1. The molecule has 1 amide bonds. The van der Waals surface area contributed by atoms with Gasteiger partial charge in [-0.15, -0.1) is 0 Å². The molecule has 0 aromatic heterocycles. The number of halogens is 4. The zero-order valence-electron chi connectivity index (χ0n) is 20.1. The smallest absolute Gasteiger partial charge is 0.416 e. The Morgan fingerprint density at radius 1 is 0.972 bits per heavy atom. The minimum Gasteiger partial charge on any atom is -0.469 e. The van der Waals surface area contributed by atoms with E-state index >= 15 is 0 Å². The number of alkyl halides is 3. The molecule has 10 heteroatoms. The highest BCUT2D eigenvalue weighted by Gasteiger charge is 2.30. The first-order valence-electron chi connectivity index (χ1n) is 11.8. The molecule has 36 heavy (non-hydrogen) atoms. The van der Waals surface area contributed by atoms with Gasteiger partial charge in [-0.1, -0.05) is 35.9 Å². The van der Waals surface area contributed by atoms with Crippen molar-refractivity contribution in [3.05, 3.63) is 70.2 Å². The van der Waals surface area contributed by atoms with Crippen LogP contribution in [0.15, 0.2) is 48.5 Å². The first-order valence-corrected chi connectivity index (χ1v) is 12.1. The quantitative estimate of drug-likeness (QED) is 0.403. The molecule has 0 bridgehead atoms. The van der Waals surface area contributed by atoms with Crippen LogP contribution < -0.4 is 0 Å². The summed E-state index contributed by atoms with van der Waals surface area (Å²) in [7, 11) is 1.33. The fourth-order valence-electron chi connectivity index (χ4n) is 3.98. The van der Waals surface area contributed by atoms with Gasteiger partial charge in [0.2, 0.25) is 5.91 Å². The average molecular weight is 527 g/mol. The summed E-state index contributed by atoms with van der Waals surface area (Å²) in [5, 5.41) is 0.597. The van der Waals surface area contributed by atoms with Crippen LogP contribution in [0, 0.1) is 0 Å². The summed E-state index contributed by atoms with van der Waals surface area (Å²) >= 11 is 6.03. The van der Waals surface area contributed by atoms with E-state index < -0.39 is 11.7 Å². The van der Waals surface area contributed by atoms with Crippen LogP contribution in [0.4, 0.5) is 13.2 Å². The van der Waals surface area contributed by atoms with Crippen molar-refractivity contribution in [2.24, 2.45) is 0 Å². The predicted molar refractivity (Wildman–Crippen MR) is 129 cm³/mol. The Hall–Kier alpha value is -2.62. The number of hydrogen-bond acceptors (Lipinski definition) is 5. The Labute approximate surface area is 213 Å². The molecule has 3 rings (SSSR count). The third kappa shape index (κ3) is 8.50. The lowest BCUT2D eigenvalue weighted by atomic mass is 10.1. The summed E-state index contributed by atoms with van der Waals surface area (Å²) in [4.78, 5) is 27.7. The third-order valence-electron chi connectivity index (χ3n) is 6.12. The topological polar surface area (TPSA) is 59.1 Å². The average Bonchev–Trinajstić information content (AvgIpc) is 2.87. The van der Waals surface area contributed by atoms with Crippen LogP contribution in [-0.2, 0) is 31.8 Å². The Morgan fingerprint density at radius 3 is 2.19 bits per heavy atom. The van der Waals surface area contributed by atoms with E-state index in [4.69, 9.17) is 16.3 Å². The van der Waals surface area contributed by atoms with Crippen LogP contribution in [0.25, 0.3) is 0 Å². The molecule has 1 saturated heterocycles. The number of ether oxygens (including phenoxy) is 2. The van der Waals surface area contributed by atoms with Crippen molar-refractivity contribution in [3.63, 3.8) is 0 Å². The van der Waals surface area contributed by atoms with Crippen molar-refractivity contribution < 1.29 is 32.2 Å². The van der Waals surface area contributed by atoms with Gasteiger partial charge in [-0.2, -0.15) is 13.2 Å². The fourth-order valence-corrected chi connectivity index (χ4v) is 4.10. The lowest BCUT2D eigenvalue weighted by Gasteiger charge is -2.36. The Kier molecular flexibility index (Phi) is 10.2. The normalized spacial score (nSPS) is 15.5. The number of amides is 1. The molecular weight excluding hydrogens is 497 g/mol. The number of benzene rings is 2. The molecule has 0 saturated carbocycles. The van der Waals surface area contributed by atoms with Gasteiger partial charge in [0.05, 0.1) is 25.4 Å². The molecule has 1 fully saturated rings. The molecule has 1 aliphatic heterocycles. The molecular formula is C26H30ClF3N2O4. The Morgan fingerprint density at radius 2 is 1.61 bits per heavy atom. The highest BCUT2D eigenvalue weighted by molar-refractivity contribution is 6.30. The molecule has 0 spiro atoms. The maximum Gasteiger partial charge on any atom is 0.416 e. The van der Waals surface area contributed by atoms with Gasteiger partial charge in [0, 0.05) is 50.6 Å². The molecule has 2 aromatic carbocycles. The molecule has 196 valence electrons. The van der Waals surface area contributed by atoms with E-state index in [0.717, 1.165) is 17.7 Å². The standard InChI is InChI=1S/C26H30ClF3N2O4/c1-35-25(34)4-2-3-24(33)32-15-13-31(14-16-32)17-23(20-7-11-22(27)12-8-20)36-18-19-5-9-21(10-6-19)26(28,29)30/h5-12,23H,2-4,13-18H2,1H3/t23-/m0/s1. The third-order valence-corrected chi connectivity index (χ3v) is 6.37. The second kappa shape index (κ2) is 13.1. The molecule has 0 aliphatic carbocycles. The highest BCUT2D eigenvalue weighted by Crippen LogP contribution is 2.30. The van der Waals surface area contributed by atoms with E-state index in [1.54, 1.807) is 17.0 Å². The van der Waals surface area contributed by atoms with Crippen LogP contribution in [-0.4, -0.2) is 61.5 Å². The van der Waals surface area contributed by atoms with Crippen LogP contribution in [0.2, 0.25) is 5.02 Å². The van der Waals surface area contributed by atoms with Gasteiger partial charge in [-0.3, -0.25) is 14.5 Å². The Bertz CT molecular complexity index is 992. The van der Waals surface area contributed by atoms with Crippen molar-refractivity contribution in [3.8, 4) is 0 Å². The summed E-state index contributed by atoms with van der Waals surface area (Å²) < 4.78 is 49.3. The zero-order valence-corrected chi connectivity index (χ0v) is 20.9. The highest BCUT2D eigenvalue weighted by atomic mass is 35.5. The predicted octanol–water partition coefficient (Wildman–Crippen LogP) is 5.10. The van der Waals surface area contributed by atoms with E-state index in [1.165, 1.54) is 19.2 Å². The minimum absolute atomic E-state index is 0.0198. The van der Waals surface area contributed by atoms with Gasteiger partial charge >= 0.3 is 12.1 Å². The maximum atomic E-state index is 12.8. The summed E-state index contributed by atoms with van der Waals surface area (Å²) in [6, 6.07) is 12.3. The van der Waals surface area contributed by atoms with E-state index in [1.807, 2.05) is 12.1 Å². The largest absolute Gasteiger partial charge is 0.469 e. The Balaban J connectivity index is 1.56. The van der Waals surface area contributed by atoms with Crippen molar-refractivity contribution in [2.45, 2.75) is 38.1 Å². The zero-order chi connectivity index (χ0) is 26.1. The van der Waals surface area contributed by atoms with E-state index in [9.17, 15) is 22.8 Å². The number of piperazine rings is 1. The lowest BCUT2D eigenvalue weighted by molar-refractivity contribution is -0.141. The lowest BCUT2D eigenvalue weighted by Crippen LogP contribution is -2.49. The van der Waals surface area contributed by atoms with Crippen LogP contribution >= 0.6 is 11.6 Å². The van der Waals surface area contributed by atoms with Gasteiger partial charge in [0.1, 0.15) is 0 Å². The van der Waals surface area contributed by atoms with Gasteiger partial charge in [0.15, 0.2) is 0 Å². The molecule has 6 nitrogen and oxygen atoms in total. The first kappa shape index (κ1) is 28.0. The van der Waals surface area contributed by atoms with Crippen molar-refractivity contribution in [1.29, 1.82) is 0 Å². The minimum atomic E-state index is -4.38. The number of carbonyl (C=O) groups excluding carboxylic acids is 2. The fraction of sp³-hybridized carbons (Fsp3) is 0.462. The summed E-state index contributed by atoms with van der Waals surface area (Å²) in [5.74, 6) is -0.302.